The summed E-state index contributed by atoms with van der Waals surface area (Å²) in [6, 6.07) is 8.21. The smallest absolute Gasteiger partial charge is 0.162 e. The zero-order valence-corrected chi connectivity index (χ0v) is 18.2. The van der Waals surface area contributed by atoms with Gasteiger partial charge < -0.3 is 9.64 Å². The van der Waals surface area contributed by atoms with Crippen LogP contribution in [0, 0.1) is 0 Å². The Morgan fingerprint density at radius 2 is 2.10 bits per heavy atom. The van der Waals surface area contributed by atoms with Crippen LogP contribution in [-0.4, -0.2) is 46.5 Å². The fourth-order valence-electron chi connectivity index (χ4n) is 3.66. The van der Waals surface area contributed by atoms with Gasteiger partial charge in [0.2, 0.25) is 0 Å². The third-order valence-electron chi connectivity index (χ3n) is 5.16. The number of ether oxygens (including phenoxy) is 1. The van der Waals surface area contributed by atoms with Gasteiger partial charge in [-0.2, -0.15) is 5.10 Å². The van der Waals surface area contributed by atoms with Crippen molar-refractivity contribution in [2.24, 2.45) is 0 Å². The lowest BCUT2D eigenvalue weighted by Gasteiger charge is -2.28. The number of nitrogens with zero attached hydrogens (tertiary/aromatic N) is 4. The molecule has 0 saturated carbocycles. The van der Waals surface area contributed by atoms with Gasteiger partial charge in [0.05, 0.1) is 35.1 Å². The van der Waals surface area contributed by atoms with Gasteiger partial charge in [0.25, 0.3) is 0 Å². The molecule has 1 aromatic carbocycles. The molecule has 5 rings (SSSR count). The number of thiophene rings is 1. The van der Waals surface area contributed by atoms with Crippen molar-refractivity contribution < 1.29 is 4.74 Å². The number of nitrogens with one attached hydrogen (secondary N) is 1. The molecule has 0 atom stereocenters. The van der Waals surface area contributed by atoms with Crippen LogP contribution in [0.4, 0.5) is 5.82 Å². The lowest BCUT2D eigenvalue weighted by molar-refractivity contribution is 0.122. The Kier molecular flexibility index (Phi) is 5.36. The van der Waals surface area contributed by atoms with Gasteiger partial charge in [-0.25, -0.2) is 9.97 Å². The first-order valence-corrected chi connectivity index (χ1v) is 11.1. The van der Waals surface area contributed by atoms with Crippen molar-refractivity contribution in [1.29, 1.82) is 0 Å². The van der Waals surface area contributed by atoms with Crippen molar-refractivity contribution in [3.63, 3.8) is 0 Å². The van der Waals surface area contributed by atoms with Gasteiger partial charge in [0, 0.05) is 28.9 Å². The zero-order chi connectivity index (χ0) is 21.2. The molecule has 1 fully saturated rings. The number of fused-ring (bicyclic) bond motifs is 2. The second-order valence-electron chi connectivity index (χ2n) is 7.53. The summed E-state index contributed by atoms with van der Waals surface area (Å²) in [6.07, 6.45) is 9.97. The van der Waals surface area contributed by atoms with Crippen LogP contribution in [-0.2, 0) is 4.74 Å². The van der Waals surface area contributed by atoms with Crippen LogP contribution in [0.15, 0.2) is 60.8 Å². The Labute approximate surface area is 184 Å². The van der Waals surface area contributed by atoms with Crippen LogP contribution in [0.5, 0.6) is 0 Å². The summed E-state index contributed by atoms with van der Waals surface area (Å²) in [5.74, 6) is 1.70. The predicted molar refractivity (Wildman–Crippen MR) is 129 cm³/mol. The molecule has 31 heavy (non-hydrogen) atoms. The molecule has 0 spiro atoms. The van der Waals surface area contributed by atoms with Gasteiger partial charge >= 0.3 is 0 Å². The second kappa shape index (κ2) is 8.45. The third kappa shape index (κ3) is 4.02. The van der Waals surface area contributed by atoms with Crippen LogP contribution < -0.4 is 4.90 Å². The Bertz CT molecular complexity index is 1310. The Hall–Kier alpha value is -3.29. The minimum Gasteiger partial charge on any atom is -0.378 e. The number of benzene rings is 1. The van der Waals surface area contributed by atoms with E-state index in [-0.39, 0.29) is 0 Å². The van der Waals surface area contributed by atoms with E-state index in [1.807, 2.05) is 43.5 Å². The van der Waals surface area contributed by atoms with Gasteiger partial charge in [-0.15, -0.1) is 11.3 Å². The lowest BCUT2D eigenvalue weighted by Crippen LogP contribution is -2.36. The molecule has 4 aromatic rings. The summed E-state index contributed by atoms with van der Waals surface area (Å²) in [4.78, 5) is 13.4. The highest BCUT2D eigenvalue weighted by molar-refractivity contribution is 7.20. The fraction of sp³-hybridized carbons (Fsp3) is 0.208. The Morgan fingerprint density at radius 1 is 1.23 bits per heavy atom. The van der Waals surface area contributed by atoms with E-state index >= 15 is 0 Å². The summed E-state index contributed by atoms with van der Waals surface area (Å²) in [5, 5.41) is 8.25. The quantitative estimate of drug-likeness (QED) is 0.441. The van der Waals surface area contributed by atoms with E-state index < -0.39 is 0 Å². The summed E-state index contributed by atoms with van der Waals surface area (Å²) in [7, 11) is 0. The number of aromatic nitrogens is 4. The number of morpholine rings is 1. The highest BCUT2D eigenvalue weighted by atomic mass is 32.1. The predicted octanol–water partition coefficient (Wildman–Crippen LogP) is 5.22. The SMILES string of the molecule is C=C(C)/C=C\C=C\c1cc2nc(-c3cccc4[nH]ncc34)nc(N3CCOCC3)c2s1. The molecule has 1 saturated heterocycles. The van der Waals surface area contributed by atoms with E-state index in [2.05, 4.69) is 39.9 Å². The Balaban J connectivity index is 1.63. The number of hydrogen-bond acceptors (Lipinski definition) is 6. The minimum atomic E-state index is 0.710. The van der Waals surface area contributed by atoms with Crippen LogP contribution in [0.1, 0.15) is 11.8 Å². The normalized spacial score (nSPS) is 15.1. The first-order chi connectivity index (χ1) is 15.2. The summed E-state index contributed by atoms with van der Waals surface area (Å²) in [6.45, 7) is 8.95. The van der Waals surface area contributed by atoms with E-state index in [1.165, 1.54) is 0 Å². The molecule has 1 aliphatic heterocycles. The largest absolute Gasteiger partial charge is 0.378 e. The second-order valence-corrected chi connectivity index (χ2v) is 8.62. The van der Waals surface area contributed by atoms with Crippen LogP contribution in [0.3, 0.4) is 0 Å². The summed E-state index contributed by atoms with van der Waals surface area (Å²) >= 11 is 1.72. The van der Waals surface area contributed by atoms with Crippen LogP contribution in [0.2, 0.25) is 0 Å². The fourth-order valence-corrected chi connectivity index (χ4v) is 4.69. The molecule has 7 heteroatoms. The molecule has 0 radical (unpaired) electrons. The van der Waals surface area contributed by atoms with Crippen LogP contribution in [0.25, 0.3) is 38.6 Å². The van der Waals surface area contributed by atoms with Crippen LogP contribution >= 0.6 is 11.3 Å². The molecule has 4 heterocycles. The number of H-pyrrole nitrogens is 1. The molecule has 1 aliphatic rings. The number of hydrogen-bond donors (Lipinski definition) is 1. The van der Waals surface area contributed by atoms with Crippen molar-refractivity contribution in [1.82, 2.24) is 20.2 Å². The van der Waals surface area contributed by atoms with Crippen molar-refractivity contribution in [3.05, 3.63) is 65.7 Å². The van der Waals surface area contributed by atoms with Crippen molar-refractivity contribution in [3.8, 4) is 11.4 Å². The monoisotopic (exact) mass is 429 g/mol. The topological polar surface area (TPSA) is 66.9 Å². The van der Waals surface area contributed by atoms with Gasteiger partial charge in [-0.05, 0) is 25.1 Å². The van der Waals surface area contributed by atoms with Gasteiger partial charge in [-0.1, -0.05) is 42.5 Å². The molecular weight excluding hydrogens is 406 g/mol. The first-order valence-electron chi connectivity index (χ1n) is 10.3. The van der Waals surface area contributed by atoms with E-state index in [9.17, 15) is 0 Å². The molecular formula is C24H23N5OS. The third-order valence-corrected chi connectivity index (χ3v) is 6.25. The summed E-state index contributed by atoms with van der Waals surface area (Å²) < 4.78 is 6.67. The lowest BCUT2D eigenvalue weighted by atomic mass is 10.1. The summed E-state index contributed by atoms with van der Waals surface area (Å²) in [5.41, 5.74) is 3.95. The number of anilines is 1. The molecule has 1 N–H and O–H groups in total. The van der Waals surface area contributed by atoms with Gasteiger partial charge in [-0.3, -0.25) is 5.10 Å². The number of aromatic amines is 1. The van der Waals surface area contributed by atoms with E-state index in [1.54, 1.807) is 11.3 Å². The maximum Gasteiger partial charge on any atom is 0.162 e. The maximum absolute atomic E-state index is 5.57. The highest BCUT2D eigenvalue weighted by Gasteiger charge is 2.20. The molecule has 0 unspecified atom stereocenters. The molecule has 156 valence electrons. The molecule has 0 amide bonds. The zero-order valence-electron chi connectivity index (χ0n) is 17.3. The van der Waals surface area contributed by atoms with Crippen molar-refractivity contribution in [2.45, 2.75) is 6.92 Å². The first kappa shape index (κ1) is 19.7. The van der Waals surface area contributed by atoms with Crippen molar-refractivity contribution in [2.75, 3.05) is 31.2 Å². The molecule has 0 bridgehead atoms. The Morgan fingerprint density at radius 3 is 2.94 bits per heavy atom. The molecule has 0 aliphatic carbocycles. The molecule has 3 aromatic heterocycles. The number of allylic oxidation sites excluding steroid dienone is 4. The highest BCUT2D eigenvalue weighted by Crippen LogP contribution is 2.36. The standard InChI is InChI=1S/C24H23N5OS/c1-16(2)6-3-4-7-17-14-21-22(31-17)24(29-10-12-30-13-11-29)27-23(26-21)18-8-5-9-20-19(18)15-25-28-20/h3-9,14-15H,1,10-13H2,2H3,(H,25,28)/b6-3-,7-4+. The average molecular weight is 430 g/mol. The van der Waals surface area contributed by atoms with Crippen molar-refractivity contribution >= 4 is 44.4 Å². The van der Waals surface area contributed by atoms with Gasteiger partial charge in [0.1, 0.15) is 0 Å². The van der Waals surface area contributed by atoms with E-state index in [0.717, 1.165) is 61.9 Å². The van der Waals surface area contributed by atoms with E-state index in [4.69, 9.17) is 14.7 Å². The average Bonchev–Trinajstić information content (AvgIpc) is 3.43. The maximum atomic E-state index is 5.57. The number of rotatable bonds is 5. The van der Waals surface area contributed by atoms with Gasteiger partial charge in [0.15, 0.2) is 11.6 Å². The minimum absolute atomic E-state index is 0.710. The molecule has 6 nitrogen and oxygen atoms in total. The van der Waals surface area contributed by atoms with E-state index in [0.29, 0.717) is 13.2 Å².